The van der Waals surface area contributed by atoms with Crippen molar-refractivity contribution in [3.63, 3.8) is 0 Å². The lowest BCUT2D eigenvalue weighted by atomic mass is 9.97. The minimum atomic E-state index is -0.746. The number of aliphatic hydroxyl groups excluding tert-OH is 1. The van der Waals surface area contributed by atoms with Crippen molar-refractivity contribution in [3.05, 3.63) is 81.1 Å². The van der Waals surface area contributed by atoms with Crippen LogP contribution in [0.1, 0.15) is 27.6 Å². The molecule has 6 nitrogen and oxygen atoms in total. The normalized spacial score (nSPS) is 17.6. The van der Waals surface area contributed by atoms with Gasteiger partial charge in [-0.25, -0.2) is 0 Å². The van der Waals surface area contributed by atoms with E-state index < -0.39 is 17.7 Å². The van der Waals surface area contributed by atoms with Crippen molar-refractivity contribution in [2.75, 3.05) is 19.1 Å². The number of Topliss-reactive ketones (excluding diaryl/α,β-unsaturated/α-hetero) is 1. The Morgan fingerprint density at radius 3 is 2.41 bits per heavy atom. The van der Waals surface area contributed by atoms with Crippen LogP contribution in [0.3, 0.4) is 0 Å². The second-order valence-electron chi connectivity index (χ2n) is 7.52. The molecule has 1 N–H and O–H groups in total. The van der Waals surface area contributed by atoms with Crippen LogP contribution >= 0.6 is 11.3 Å². The Kier molecular flexibility index (Phi) is 5.76. The summed E-state index contributed by atoms with van der Waals surface area (Å²) in [6.07, 6.45) is 0. The van der Waals surface area contributed by atoms with Crippen molar-refractivity contribution in [1.82, 2.24) is 0 Å². The first-order valence-electron chi connectivity index (χ1n) is 10.0. The highest BCUT2D eigenvalue weighted by molar-refractivity contribution is 7.10. The van der Waals surface area contributed by atoms with Gasteiger partial charge in [-0.2, -0.15) is 0 Å². The predicted molar refractivity (Wildman–Crippen MR) is 125 cm³/mol. The van der Waals surface area contributed by atoms with Crippen LogP contribution in [0, 0.1) is 13.8 Å². The molecule has 3 aromatic rings. The summed E-state index contributed by atoms with van der Waals surface area (Å²) in [6, 6.07) is 13.3. The van der Waals surface area contributed by atoms with Crippen LogP contribution in [0.4, 0.5) is 5.69 Å². The highest BCUT2D eigenvalue weighted by atomic mass is 32.1. The largest absolute Gasteiger partial charge is 0.507 e. The molecular formula is C25H23NO5S. The zero-order valence-corrected chi connectivity index (χ0v) is 19.0. The van der Waals surface area contributed by atoms with Gasteiger partial charge in [0.1, 0.15) is 23.3 Å². The van der Waals surface area contributed by atoms with Crippen LogP contribution in [0.5, 0.6) is 11.5 Å². The van der Waals surface area contributed by atoms with Gasteiger partial charge in [0.15, 0.2) is 0 Å². The molecule has 2 heterocycles. The van der Waals surface area contributed by atoms with Crippen LogP contribution in [-0.2, 0) is 9.59 Å². The number of carbonyl (C=O) groups is 2. The van der Waals surface area contributed by atoms with Crippen molar-refractivity contribution in [2.45, 2.75) is 19.9 Å². The van der Waals surface area contributed by atoms with E-state index in [1.165, 1.54) is 16.2 Å². The smallest absolute Gasteiger partial charge is 0.300 e. The number of hydrogen-bond donors (Lipinski definition) is 1. The Morgan fingerprint density at radius 1 is 1.00 bits per heavy atom. The van der Waals surface area contributed by atoms with E-state index in [-0.39, 0.29) is 11.3 Å². The SMILES string of the molecule is COc1cccc(N2C(=O)C(=O)/C(=C(\O)c3ccc(OC)c(C)c3)C2c2sccc2C)c1. The molecule has 0 bridgehead atoms. The maximum absolute atomic E-state index is 13.2. The van der Waals surface area contributed by atoms with E-state index in [0.29, 0.717) is 22.7 Å². The number of hydrogen-bond acceptors (Lipinski definition) is 6. The maximum Gasteiger partial charge on any atom is 0.300 e. The standard InChI is InChI=1S/C25H23NO5S/c1-14-10-11-32-24(14)21-20(22(27)16-8-9-19(31-4)15(2)12-16)23(28)25(29)26(21)17-6-5-7-18(13-17)30-3/h5-13,21,27H,1-4H3/b22-20-. The summed E-state index contributed by atoms with van der Waals surface area (Å²) >= 11 is 1.44. The molecule has 1 aromatic heterocycles. The van der Waals surface area contributed by atoms with Crippen molar-refractivity contribution in [1.29, 1.82) is 0 Å². The molecule has 0 spiro atoms. The number of aliphatic hydroxyl groups is 1. The molecule has 1 fully saturated rings. The van der Waals surface area contributed by atoms with Gasteiger partial charge in [0.2, 0.25) is 0 Å². The monoisotopic (exact) mass is 449 g/mol. The van der Waals surface area contributed by atoms with Crippen LogP contribution in [0.15, 0.2) is 59.5 Å². The Labute approximate surface area is 190 Å². The lowest BCUT2D eigenvalue weighted by Gasteiger charge is -2.25. The number of ether oxygens (including phenoxy) is 2. The number of carbonyl (C=O) groups excluding carboxylic acids is 2. The molecule has 1 aliphatic rings. The molecule has 0 aliphatic carbocycles. The van der Waals surface area contributed by atoms with Gasteiger partial charge in [-0.1, -0.05) is 6.07 Å². The predicted octanol–water partition coefficient (Wildman–Crippen LogP) is 5.01. The Hall–Kier alpha value is -3.58. The minimum absolute atomic E-state index is 0.0629. The van der Waals surface area contributed by atoms with Gasteiger partial charge in [-0.3, -0.25) is 14.5 Å². The quantitative estimate of drug-likeness (QED) is 0.337. The van der Waals surface area contributed by atoms with E-state index >= 15 is 0 Å². The third-order valence-electron chi connectivity index (χ3n) is 5.59. The fraction of sp³-hybridized carbons (Fsp3) is 0.200. The molecule has 32 heavy (non-hydrogen) atoms. The lowest BCUT2D eigenvalue weighted by molar-refractivity contribution is -0.132. The summed E-state index contributed by atoms with van der Waals surface area (Å²) in [5.74, 6) is -0.391. The fourth-order valence-electron chi connectivity index (χ4n) is 3.95. The van der Waals surface area contributed by atoms with Gasteiger partial charge < -0.3 is 14.6 Å². The van der Waals surface area contributed by atoms with Gasteiger partial charge in [-0.15, -0.1) is 11.3 Å². The summed E-state index contributed by atoms with van der Waals surface area (Å²) in [5, 5.41) is 13.2. The number of methoxy groups -OCH3 is 2. The van der Waals surface area contributed by atoms with E-state index in [1.807, 2.05) is 25.3 Å². The van der Waals surface area contributed by atoms with Gasteiger partial charge >= 0.3 is 0 Å². The average molecular weight is 450 g/mol. The molecule has 0 saturated carbocycles. The first-order valence-corrected chi connectivity index (χ1v) is 10.9. The number of rotatable bonds is 5. The molecule has 0 radical (unpaired) electrons. The maximum atomic E-state index is 13.2. The van der Waals surface area contributed by atoms with E-state index in [0.717, 1.165) is 16.0 Å². The second-order valence-corrected chi connectivity index (χ2v) is 8.47. The zero-order chi connectivity index (χ0) is 23.0. The van der Waals surface area contributed by atoms with E-state index in [1.54, 1.807) is 56.7 Å². The van der Waals surface area contributed by atoms with Crippen LogP contribution < -0.4 is 14.4 Å². The van der Waals surface area contributed by atoms with Crippen LogP contribution in [-0.4, -0.2) is 31.0 Å². The van der Waals surface area contributed by atoms with Crippen molar-refractivity contribution < 1.29 is 24.2 Å². The van der Waals surface area contributed by atoms with E-state index in [9.17, 15) is 14.7 Å². The van der Waals surface area contributed by atoms with Crippen LogP contribution in [0.2, 0.25) is 0 Å². The van der Waals surface area contributed by atoms with Crippen molar-refractivity contribution >= 4 is 34.5 Å². The Morgan fingerprint density at radius 2 is 1.78 bits per heavy atom. The second kappa shape index (κ2) is 8.51. The highest BCUT2D eigenvalue weighted by Gasteiger charge is 2.48. The molecule has 164 valence electrons. The summed E-state index contributed by atoms with van der Waals surface area (Å²) in [4.78, 5) is 28.7. The number of aryl methyl sites for hydroxylation is 2. The fourth-order valence-corrected chi connectivity index (χ4v) is 4.98. The summed E-state index contributed by atoms with van der Waals surface area (Å²) in [7, 11) is 3.11. The molecule has 1 aliphatic heterocycles. The van der Waals surface area contributed by atoms with Gasteiger partial charge in [0.25, 0.3) is 11.7 Å². The molecule has 4 rings (SSSR count). The summed E-state index contributed by atoms with van der Waals surface area (Å²) in [5.41, 5.74) is 2.78. The Balaban J connectivity index is 1.94. The van der Waals surface area contributed by atoms with E-state index in [4.69, 9.17) is 9.47 Å². The van der Waals surface area contributed by atoms with Gasteiger partial charge in [0, 0.05) is 22.2 Å². The lowest BCUT2D eigenvalue weighted by Crippen LogP contribution is -2.29. The third kappa shape index (κ3) is 3.54. The van der Waals surface area contributed by atoms with Gasteiger partial charge in [-0.05, 0) is 66.8 Å². The molecule has 1 amide bonds. The van der Waals surface area contributed by atoms with Crippen molar-refractivity contribution in [3.8, 4) is 11.5 Å². The third-order valence-corrected chi connectivity index (χ3v) is 6.67. The topological polar surface area (TPSA) is 76.1 Å². The molecule has 7 heteroatoms. The number of ketones is 1. The van der Waals surface area contributed by atoms with Gasteiger partial charge in [0.05, 0.1) is 19.8 Å². The average Bonchev–Trinajstić information content (AvgIpc) is 3.33. The van der Waals surface area contributed by atoms with Crippen LogP contribution in [0.25, 0.3) is 5.76 Å². The molecule has 1 atom stereocenters. The Bertz CT molecular complexity index is 1240. The summed E-state index contributed by atoms with van der Waals surface area (Å²) < 4.78 is 10.6. The minimum Gasteiger partial charge on any atom is -0.507 e. The van der Waals surface area contributed by atoms with E-state index in [2.05, 4.69) is 0 Å². The van der Waals surface area contributed by atoms with Crippen molar-refractivity contribution in [2.24, 2.45) is 0 Å². The number of thiophene rings is 1. The zero-order valence-electron chi connectivity index (χ0n) is 18.2. The molecule has 1 saturated heterocycles. The molecule has 2 aromatic carbocycles. The number of amides is 1. The highest BCUT2D eigenvalue weighted by Crippen LogP contribution is 2.45. The molecule has 1 unspecified atom stereocenters. The first-order chi connectivity index (χ1) is 15.4. The number of benzene rings is 2. The molecular weight excluding hydrogens is 426 g/mol. The first kappa shape index (κ1) is 21.6. The number of nitrogens with zero attached hydrogens (tertiary/aromatic N) is 1. The number of anilines is 1. The summed E-state index contributed by atoms with van der Waals surface area (Å²) in [6.45, 7) is 3.78.